The molecule has 2 N–H and O–H groups in total. The first kappa shape index (κ1) is 23.4. The van der Waals surface area contributed by atoms with E-state index in [1.807, 2.05) is 35.8 Å². The van der Waals surface area contributed by atoms with E-state index in [2.05, 4.69) is 14.9 Å². The summed E-state index contributed by atoms with van der Waals surface area (Å²) in [7, 11) is 1.65. The first-order chi connectivity index (χ1) is 15.7. The number of likely N-dealkylation sites (tertiary alicyclic amines) is 1. The van der Waals surface area contributed by atoms with Crippen LogP contribution in [0.2, 0.25) is 0 Å². The SMILES string of the molecule is COc1ccc2nccc([C@@H](O)CC[C@@H]3CCN(CCSc4nccs4)C[C@@H]3CO)c2c1. The third kappa shape index (κ3) is 5.80. The Morgan fingerprint density at radius 1 is 1.25 bits per heavy atom. The van der Waals surface area contributed by atoms with Crippen LogP contribution in [-0.2, 0) is 0 Å². The summed E-state index contributed by atoms with van der Waals surface area (Å²) in [5.41, 5.74) is 1.76. The first-order valence-electron chi connectivity index (χ1n) is 11.1. The van der Waals surface area contributed by atoms with Crippen molar-refractivity contribution in [3.05, 3.63) is 47.6 Å². The van der Waals surface area contributed by atoms with E-state index in [4.69, 9.17) is 4.74 Å². The lowest BCUT2D eigenvalue weighted by Crippen LogP contribution is -2.43. The van der Waals surface area contributed by atoms with E-state index in [1.54, 1.807) is 36.4 Å². The van der Waals surface area contributed by atoms with Crippen LogP contribution in [0.5, 0.6) is 5.75 Å². The minimum atomic E-state index is -0.556. The van der Waals surface area contributed by atoms with Crippen molar-refractivity contribution in [3.8, 4) is 5.75 Å². The molecular formula is C24H31N3O3S2. The fourth-order valence-corrected chi connectivity index (χ4v) is 6.29. The highest BCUT2D eigenvalue weighted by molar-refractivity contribution is 8.01. The Labute approximate surface area is 197 Å². The Balaban J connectivity index is 1.31. The Morgan fingerprint density at radius 2 is 2.16 bits per heavy atom. The quantitative estimate of drug-likeness (QED) is 0.427. The van der Waals surface area contributed by atoms with Gasteiger partial charge < -0.3 is 19.8 Å². The molecule has 0 unspecified atom stereocenters. The van der Waals surface area contributed by atoms with Crippen LogP contribution in [0.15, 0.2) is 46.4 Å². The molecule has 0 aliphatic carbocycles. The summed E-state index contributed by atoms with van der Waals surface area (Å²) in [5, 5.41) is 23.9. The van der Waals surface area contributed by atoms with E-state index in [-0.39, 0.29) is 12.5 Å². The number of hydrogen-bond acceptors (Lipinski definition) is 8. The molecule has 172 valence electrons. The molecule has 1 aliphatic rings. The number of ether oxygens (including phenoxy) is 1. The molecule has 3 aromatic rings. The van der Waals surface area contributed by atoms with Gasteiger partial charge in [-0.2, -0.15) is 0 Å². The van der Waals surface area contributed by atoms with Gasteiger partial charge in [-0.25, -0.2) is 4.98 Å². The highest BCUT2D eigenvalue weighted by Gasteiger charge is 2.29. The Hall–Kier alpha value is -1.71. The third-order valence-electron chi connectivity index (χ3n) is 6.41. The fourth-order valence-electron chi connectivity index (χ4n) is 4.58. The van der Waals surface area contributed by atoms with Crippen molar-refractivity contribution in [3.63, 3.8) is 0 Å². The first-order valence-corrected chi connectivity index (χ1v) is 13.0. The molecule has 0 radical (unpaired) electrons. The van der Waals surface area contributed by atoms with Crippen LogP contribution >= 0.6 is 23.1 Å². The summed E-state index contributed by atoms with van der Waals surface area (Å²) in [6, 6.07) is 7.66. The zero-order valence-corrected chi connectivity index (χ0v) is 20.0. The van der Waals surface area contributed by atoms with Crippen LogP contribution in [0.4, 0.5) is 0 Å². The summed E-state index contributed by atoms with van der Waals surface area (Å²) in [6.45, 7) is 3.18. The minimum Gasteiger partial charge on any atom is -0.497 e. The maximum atomic E-state index is 11.0. The van der Waals surface area contributed by atoms with Gasteiger partial charge in [0.1, 0.15) is 10.1 Å². The molecule has 6 nitrogen and oxygen atoms in total. The van der Waals surface area contributed by atoms with Crippen molar-refractivity contribution >= 4 is 34.0 Å². The van der Waals surface area contributed by atoms with Gasteiger partial charge in [0.2, 0.25) is 0 Å². The van der Waals surface area contributed by atoms with Gasteiger partial charge in [-0.05, 0) is 67.5 Å². The second kappa shape index (κ2) is 11.4. The molecule has 0 saturated carbocycles. The lowest BCUT2D eigenvalue weighted by Gasteiger charge is -2.38. The second-order valence-electron chi connectivity index (χ2n) is 8.31. The Kier molecular flexibility index (Phi) is 8.37. The van der Waals surface area contributed by atoms with Crippen LogP contribution < -0.4 is 4.74 Å². The largest absolute Gasteiger partial charge is 0.497 e. The minimum absolute atomic E-state index is 0.201. The predicted molar refractivity (Wildman–Crippen MR) is 130 cm³/mol. The Morgan fingerprint density at radius 3 is 2.94 bits per heavy atom. The number of aromatic nitrogens is 2. The van der Waals surface area contributed by atoms with Gasteiger partial charge in [0.05, 0.1) is 18.7 Å². The highest BCUT2D eigenvalue weighted by atomic mass is 32.2. The van der Waals surface area contributed by atoms with Gasteiger partial charge in [-0.15, -0.1) is 11.3 Å². The van der Waals surface area contributed by atoms with E-state index in [9.17, 15) is 10.2 Å². The summed E-state index contributed by atoms with van der Waals surface area (Å²) >= 11 is 3.49. The molecule has 1 aliphatic heterocycles. The van der Waals surface area contributed by atoms with Crippen molar-refractivity contribution < 1.29 is 14.9 Å². The Bertz CT molecular complexity index is 986. The van der Waals surface area contributed by atoms with Crippen molar-refractivity contribution in [2.24, 2.45) is 11.8 Å². The summed E-state index contributed by atoms with van der Waals surface area (Å²) in [6.07, 6.45) is 5.69. The molecule has 1 fully saturated rings. The van der Waals surface area contributed by atoms with Crippen LogP contribution in [0.25, 0.3) is 10.9 Å². The number of benzene rings is 1. The van der Waals surface area contributed by atoms with E-state index in [1.165, 1.54) is 0 Å². The average Bonchev–Trinajstić information content (AvgIpc) is 3.35. The number of piperidine rings is 1. The molecule has 32 heavy (non-hydrogen) atoms. The van der Waals surface area contributed by atoms with Gasteiger partial charge >= 0.3 is 0 Å². The van der Waals surface area contributed by atoms with Crippen molar-refractivity contribution in [1.29, 1.82) is 0 Å². The zero-order chi connectivity index (χ0) is 22.3. The van der Waals surface area contributed by atoms with Crippen LogP contribution in [0.1, 0.15) is 30.9 Å². The van der Waals surface area contributed by atoms with Crippen LogP contribution in [-0.4, -0.2) is 64.2 Å². The van der Waals surface area contributed by atoms with Crippen LogP contribution in [0.3, 0.4) is 0 Å². The molecule has 2 aromatic heterocycles. The maximum absolute atomic E-state index is 11.0. The second-order valence-corrected chi connectivity index (χ2v) is 10.6. The number of pyridine rings is 1. The molecule has 1 aromatic carbocycles. The van der Waals surface area contributed by atoms with Gasteiger partial charge in [0.15, 0.2) is 0 Å². The molecule has 1 saturated heterocycles. The number of thiazole rings is 1. The predicted octanol–water partition coefficient (Wildman–Crippen LogP) is 4.24. The summed E-state index contributed by atoms with van der Waals surface area (Å²) < 4.78 is 6.47. The lowest BCUT2D eigenvalue weighted by atomic mass is 9.81. The fraction of sp³-hybridized carbons (Fsp3) is 0.500. The number of aliphatic hydroxyl groups is 2. The standard InChI is InChI=1S/C24H31N3O3S2/c1-30-19-3-4-22-21(14-19)20(6-8-25-22)23(29)5-2-17-7-10-27(15-18(17)16-28)11-13-32-24-26-9-12-31-24/h3-4,6,8-9,12,14,17-18,23,28-29H,2,5,7,10-11,13,15-16H2,1H3/t17-,18-,23+/m1/s1. The molecule has 0 amide bonds. The molecule has 0 spiro atoms. The molecular weight excluding hydrogens is 442 g/mol. The van der Waals surface area contributed by atoms with Gasteiger partial charge in [-0.1, -0.05) is 11.8 Å². The van der Waals surface area contributed by atoms with Gasteiger partial charge in [0.25, 0.3) is 0 Å². The molecule has 3 heterocycles. The molecule has 3 atom stereocenters. The number of fused-ring (bicyclic) bond motifs is 1. The number of methoxy groups -OCH3 is 1. The number of rotatable bonds is 10. The van der Waals surface area contributed by atoms with Crippen molar-refractivity contribution in [1.82, 2.24) is 14.9 Å². The number of aliphatic hydroxyl groups excluding tert-OH is 2. The normalized spacial score (nSPS) is 20.5. The monoisotopic (exact) mass is 473 g/mol. The molecule has 0 bridgehead atoms. The lowest BCUT2D eigenvalue weighted by molar-refractivity contribution is 0.0608. The molecule has 4 rings (SSSR count). The summed E-state index contributed by atoms with van der Waals surface area (Å²) in [5.74, 6) is 2.48. The number of nitrogens with zero attached hydrogens (tertiary/aromatic N) is 3. The van der Waals surface area contributed by atoms with Gasteiger partial charge in [-0.3, -0.25) is 4.98 Å². The van der Waals surface area contributed by atoms with E-state index in [0.717, 1.165) is 64.8 Å². The third-order valence-corrected chi connectivity index (χ3v) is 8.35. The van der Waals surface area contributed by atoms with Gasteiger partial charge in [0, 0.05) is 48.6 Å². The zero-order valence-electron chi connectivity index (χ0n) is 18.4. The topological polar surface area (TPSA) is 78.7 Å². The van der Waals surface area contributed by atoms with Crippen LogP contribution in [0, 0.1) is 11.8 Å². The van der Waals surface area contributed by atoms with Crippen molar-refractivity contribution in [2.45, 2.75) is 29.7 Å². The number of hydrogen-bond donors (Lipinski definition) is 2. The number of thioether (sulfide) groups is 1. The highest BCUT2D eigenvalue weighted by Crippen LogP contribution is 2.33. The van der Waals surface area contributed by atoms with E-state index in [0.29, 0.717) is 12.3 Å². The summed E-state index contributed by atoms with van der Waals surface area (Å²) in [4.78, 5) is 11.2. The van der Waals surface area contributed by atoms with E-state index < -0.39 is 6.10 Å². The van der Waals surface area contributed by atoms with Crippen molar-refractivity contribution in [2.75, 3.05) is 39.1 Å². The smallest absolute Gasteiger partial charge is 0.149 e. The molecule has 8 heteroatoms. The maximum Gasteiger partial charge on any atom is 0.149 e. The van der Waals surface area contributed by atoms with E-state index >= 15 is 0 Å². The average molecular weight is 474 g/mol.